The first-order chi connectivity index (χ1) is 21.0. The number of esters is 2. The molecule has 1 spiro atoms. The predicted molar refractivity (Wildman–Crippen MR) is 164 cm³/mol. The van der Waals surface area contributed by atoms with Crippen molar-refractivity contribution in [2.75, 3.05) is 6.54 Å². The van der Waals surface area contributed by atoms with E-state index in [0.29, 0.717) is 62.0 Å². The van der Waals surface area contributed by atoms with Crippen molar-refractivity contribution in [3.05, 3.63) is 71.3 Å². The molecule has 6 nitrogen and oxygen atoms in total. The minimum Gasteiger partial charge on any atom is -0.453 e. The van der Waals surface area contributed by atoms with E-state index in [2.05, 4.69) is 37.3 Å². The Bertz CT molecular complexity index is 1410. The van der Waals surface area contributed by atoms with Crippen LogP contribution in [0.5, 0.6) is 0 Å². The number of allylic oxidation sites excluding steroid dienone is 5. The second kappa shape index (κ2) is 10.9. The zero-order valence-electron chi connectivity index (χ0n) is 25.4. The molecule has 1 aromatic rings. The van der Waals surface area contributed by atoms with Gasteiger partial charge in [-0.3, -0.25) is 9.59 Å². The zero-order chi connectivity index (χ0) is 29.8. The van der Waals surface area contributed by atoms with E-state index in [1.807, 2.05) is 24.3 Å². The monoisotopic (exact) mass is 583 g/mol. The van der Waals surface area contributed by atoms with Gasteiger partial charge >= 0.3 is 11.9 Å². The van der Waals surface area contributed by atoms with Crippen molar-refractivity contribution in [2.24, 2.45) is 40.2 Å². The first kappa shape index (κ1) is 28.8. The molecule has 2 N–H and O–H groups in total. The molecule has 2 heterocycles. The molecule has 0 unspecified atom stereocenters. The molecular formula is C37H45NO5. The smallest absolute Gasteiger partial charge is 0.339 e. The normalized spacial score (nSPS) is 38.1. The van der Waals surface area contributed by atoms with E-state index in [1.165, 1.54) is 19.3 Å². The third-order valence-corrected chi connectivity index (χ3v) is 12.0. The summed E-state index contributed by atoms with van der Waals surface area (Å²) in [6.07, 6.45) is 22.3. The number of Topliss-reactive ketones (excluding diaryl/α,β-unsaturated/α-hetero) is 1. The van der Waals surface area contributed by atoms with Crippen molar-refractivity contribution < 1.29 is 23.9 Å². The summed E-state index contributed by atoms with van der Waals surface area (Å²) >= 11 is 0. The molecule has 7 rings (SSSR count). The van der Waals surface area contributed by atoms with Crippen LogP contribution in [0, 0.1) is 34.5 Å². The van der Waals surface area contributed by atoms with Gasteiger partial charge in [-0.15, -0.1) is 0 Å². The van der Waals surface area contributed by atoms with Crippen molar-refractivity contribution >= 4 is 17.7 Å². The van der Waals surface area contributed by atoms with Crippen LogP contribution in [-0.2, 0) is 31.1 Å². The molecule has 0 amide bonds. The highest BCUT2D eigenvalue weighted by Gasteiger charge is 2.92. The average Bonchev–Trinajstić information content (AvgIpc) is 3.48. The number of cyclic esters (lactones) is 1. The van der Waals surface area contributed by atoms with E-state index in [-0.39, 0.29) is 23.6 Å². The van der Waals surface area contributed by atoms with E-state index in [0.717, 1.165) is 36.8 Å². The summed E-state index contributed by atoms with van der Waals surface area (Å²) in [6, 6.07) is 5.98. The Kier molecular flexibility index (Phi) is 7.27. The third-order valence-electron chi connectivity index (χ3n) is 12.0. The molecule has 1 saturated heterocycles. The molecule has 2 aliphatic heterocycles. The van der Waals surface area contributed by atoms with Crippen molar-refractivity contribution in [3.63, 3.8) is 0 Å². The maximum atomic E-state index is 14.3. The Labute approximate surface area is 255 Å². The molecule has 6 heteroatoms. The van der Waals surface area contributed by atoms with E-state index < -0.39 is 22.5 Å². The molecule has 3 fully saturated rings. The highest BCUT2D eigenvalue weighted by molar-refractivity contribution is 6.01. The fraction of sp³-hybridized carbons (Fsp3) is 0.595. The van der Waals surface area contributed by atoms with Gasteiger partial charge in [-0.05, 0) is 87.6 Å². The molecule has 228 valence electrons. The minimum absolute atomic E-state index is 0.0184. The number of ketones is 1. The highest BCUT2D eigenvalue weighted by atomic mass is 16.6. The Hall–Kier alpha value is -2.99. The zero-order valence-corrected chi connectivity index (χ0v) is 25.4. The molecule has 0 bridgehead atoms. The second-order valence-corrected chi connectivity index (χ2v) is 13.8. The van der Waals surface area contributed by atoms with E-state index in [4.69, 9.17) is 15.2 Å². The number of hydrogen-bond acceptors (Lipinski definition) is 6. The lowest BCUT2D eigenvalue weighted by molar-refractivity contribution is -0.291. The Balaban J connectivity index is 1.23. The van der Waals surface area contributed by atoms with Gasteiger partial charge in [0.25, 0.3) is 0 Å². The highest BCUT2D eigenvalue weighted by Crippen LogP contribution is 2.83. The average molecular weight is 584 g/mol. The number of nitrogens with two attached hydrogens (primary N) is 1. The number of hydrogen-bond donors (Lipinski definition) is 1. The van der Waals surface area contributed by atoms with Gasteiger partial charge in [0, 0.05) is 17.9 Å². The number of rotatable bonds is 10. The van der Waals surface area contributed by atoms with Crippen LogP contribution in [0.15, 0.2) is 54.7 Å². The van der Waals surface area contributed by atoms with Gasteiger partial charge in [-0.2, -0.15) is 0 Å². The molecule has 43 heavy (non-hydrogen) atoms. The van der Waals surface area contributed by atoms with Crippen LogP contribution in [0.3, 0.4) is 0 Å². The minimum atomic E-state index is -1.05. The summed E-state index contributed by atoms with van der Waals surface area (Å²) in [4.78, 5) is 42.1. The van der Waals surface area contributed by atoms with Gasteiger partial charge in [-0.1, -0.05) is 74.4 Å². The first-order valence-corrected chi connectivity index (χ1v) is 16.8. The number of carbonyl (C=O) groups excluding carboxylic acids is 3. The summed E-state index contributed by atoms with van der Waals surface area (Å²) < 4.78 is 12.8. The van der Waals surface area contributed by atoms with Crippen LogP contribution in [0.25, 0.3) is 0 Å². The number of ether oxygens (including phenoxy) is 2. The quantitative estimate of drug-likeness (QED) is 0.249. The van der Waals surface area contributed by atoms with E-state index >= 15 is 0 Å². The fourth-order valence-corrected chi connectivity index (χ4v) is 10.5. The number of benzene rings is 1. The SMILES string of the molecule is CCC[C@@H]1[C@]23C=CCC[C@]2([C@H](C(=O)CCC[C@H]2CCC[C@H]4C=CC=C[C@@H]24)OC3=O)[C@@]12OC(=O)c1c(CCCN)cccc12. The summed E-state index contributed by atoms with van der Waals surface area (Å²) in [5.74, 6) is 0.799. The van der Waals surface area contributed by atoms with Crippen LogP contribution in [0.4, 0.5) is 0 Å². The van der Waals surface area contributed by atoms with E-state index in [1.54, 1.807) is 0 Å². The topological polar surface area (TPSA) is 95.7 Å². The maximum absolute atomic E-state index is 14.3. The summed E-state index contributed by atoms with van der Waals surface area (Å²) in [5.41, 5.74) is 5.29. The molecule has 6 aliphatic rings. The first-order valence-electron chi connectivity index (χ1n) is 16.8. The van der Waals surface area contributed by atoms with Crippen LogP contribution in [0.1, 0.15) is 99.0 Å². The number of carbonyl (C=O) groups is 3. The lowest BCUT2D eigenvalue weighted by atomic mass is 9.31. The summed E-state index contributed by atoms with van der Waals surface area (Å²) in [6.45, 7) is 2.64. The van der Waals surface area contributed by atoms with Crippen molar-refractivity contribution in [2.45, 2.75) is 95.7 Å². The molecular weight excluding hydrogens is 538 g/mol. The van der Waals surface area contributed by atoms with Crippen molar-refractivity contribution in [1.29, 1.82) is 0 Å². The summed E-state index contributed by atoms with van der Waals surface area (Å²) in [7, 11) is 0. The predicted octanol–water partition coefficient (Wildman–Crippen LogP) is 6.52. The van der Waals surface area contributed by atoms with Crippen LogP contribution in [0.2, 0.25) is 0 Å². The Morgan fingerprint density at radius 3 is 2.79 bits per heavy atom. The van der Waals surface area contributed by atoms with Gasteiger partial charge in [0.05, 0.1) is 11.0 Å². The van der Waals surface area contributed by atoms with Crippen LogP contribution in [-0.4, -0.2) is 30.4 Å². The third kappa shape index (κ3) is 3.77. The van der Waals surface area contributed by atoms with Crippen LogP contribution < -0.4 is 5.73 Å². The lowest BCUT2D eigenvalue weighted by Gasteiger charge is -2.69. The largest absolute Gasteiger partial charge is 0.453 e. The Morgan fingerprint density at radius 1 is 1.09 bits per heavy atom. The van der Waals surface area contributed by atoms with Gasteiger partial charge in [0.15, 0.2) is 17.5 Å². The van der Waals surface area contributed by atoms with Crippen molar-refractivity contribution in [3.8, 4) is 0 Å². The van der Waals surface area contributed by atoms with Gasteiger partial charge < -0.3 is 15.2 Å². The van der Waals surface area contributed by atoms with Crippen LogP contribution >= 0.6 is 0 Å². The van der Waals surface area contributed by atoms with Crippen molar-refractivity contribution in [1.82, 2.24) is 0 Å². The molecule has 8 atom stereocenters. The molecule has 1 aromatic carbocycles. The molecule has 0 radical (unpaired) electrons. The summed E-state index contributed by atoms with van der Waals surface area (Å²) in [5, 5.41) is 0. The fourth-order valence-electron chi connectivity index (χ4n) is 10.5. The van der Waals surface area contributed by atoms with E-state index in [9.17, 15) is 14.4 Å². The standard InChI is InChI=1S/C37H45NO5/c1-2-11-30-35-21-5-6-22-36(35,37(30)28-19-8-16-26(17-10-23-38)31(28)33(40)43-37)32(42-34(35)41)29(39)20-9-15-25-14-7-13-24-12-3-4-18-27(24)25/h3-5,8,12,16,18-19,21,24-25,27,30,32H,2,6-7,9-11,13-15,17,20,22-23,38H2,1H3/t24-,25-,27-,30-,32+,35+,36-,37+/m1/s1. The van der Waals surface area contributed by atoms with Gasteiger partial charge in [0.2, 0.25) is 0 Å². The molecule has 0 aromatic heterocycles. The number of aryl methyl sites for hydroxylation is 1. The van der Waals surface area contributed by atoms with Gasteiger partial charge in [-0.25, -0.2) is 4.79 Å². The maximum Gasteiger partial charge on any atom is 0.339 e. The number of fused-ring (bicyclic) bond motifs is 3. The second-order valence-electron chi connectivity index (χ2n) is 13.8. The molecule has 4 aliphatic carbocycles. The lowest BCUT2D eigenvalue weighted by Crippen LogP contribution is -2.77. The van der Waals surface area contributed by atoms with Gasteiger partial charge in [0.1, 0.15) is 5.41 Å². The Morgan fingerprint density at radius 2 is 1.95 bits per heavy atom. The molecule has 2 saturated carbocycles.